The second-order valence-corrected chi connectivity index (χ2v) is 6.66. The van der Waals surface area contributed by atoms with Gasteiger partial charge in [-0.3, -0.25) is 0 Å². The molecule has 0 amide bonds. The standard InChI is InChI=1S/C18H29NO/c1-14-9-15(2)11-17(10-14)18(20)13-19(3)12-16-7-5-4-6-8-16/h9-11,16,18,20H,4-8,12-13H2,1-3H3. The van der Waals surface area contributed by atoms with Gasteiger partial charge < -0.3 is 10.0 Å². The van der Waals surface area contributed by atoms with E-state index in [0.717, 1.165) is 24.6 Å². The van der Waals surface area contributed by atoms with Crippen molar-refractivity contribution >= 4 is 0 Å². The van der Waals surface area contributed by atoms with Gasteiger partial charge in [-0.15, -0.1) is 0 Å². The lowest BCUT2D eigenvalue weighted by Gasteiger charge is -2.28. The van der Waals surface area contributed by atoms with Gasteiger partial charge in [-0.2, -0.15) is 0 Å². The third-order valence-electron chi connectivity index (χ3n) is 4.41. The Morgan fingerprint density at radius 1 is 1.10 bits per heavy atom. The van der Waals surface area contributed by atoms with Crippen molar-refractivity contribution in [2.75, 3.05) is 20.1 Å². The van der Waals surface area contributed by atoms with E-state index in [9.17, 15) is 5.11 Å². The van der Waals surface area contributed by atoms with Gasteiger partial charge in [0.15, 0.2) is 0 Å². The Bertz CT molecular complexity index is 403. The van der Waals surface area contributed by atoms with Crippen LogP contribution in [-0.2, 0) is 0 Å². The highest BCUT2D eigenvalue weighted by Gasteiger charge is 2.17. The lowest BCUT2D eigenvalue weighted by molar-refractivity contribution is 0.113. The zero-order valence-electron chi connectivity index (χ0n) is 13.2. The molecular formula is C18H29NO. The molecule has 112 valence electrons. The van der Waals surface area contributed by atoms with E-state index < -0.39 is 0 Å². The molecule has 0 radical (unpaired) electrons. The van der Waals surface area contributed by atoms with Crippen molar-refractivity contribution in [2.45, 2.75) is 52.1 Å². The summed E-state index contributed by atoms with van der Waals surface area (Å²) in [4.78, 5) is 2.30. The van der Waals surface area contributed by atoms with E-state index in [1.807, 2.05) is 0 Å². The first kappa shape index (κ1) is 15.5. The number of aliphatic hydroxyl groups is 1. The molecule has 0 bridgehead atoms. The predicted molar refractivity (Wildman–Crippen MR) is 84.9 cm³/mol. The summed E-state index contributed by atoms with van der Waals surface area (Å²) in [5.41, 5.74) is 3.51. The van der Waals surface area contributed by atoms with Crippen molar-refractivity contribution in [3.8, 4) is 0 Å². The number of benzene rings is 1. The van der Waals surface area contributed by atoms with Crippen LogP contribution in [0.25, 0.3) is 0 Å². The summed E-state index contributed by atoms with van der Waals surface area (Å²) in [6, 6.07) is 6.36. The fraction of sp³-hybridized carbons (Fsp3) is 0.667. The molecule has 1 aliphatic carbocycles. The number of hydrogen-bond donors (Lipinski definition) is 1. The van der Waals surface area contributed by atoms with Gasteiger partial charge in [-0.05, 0) is 45.2 Å². The Hall–Kier alpha value is -0.860. The summed E-state index contributed by atoms with van der Waals surface area (Å²) >= 11 is 0. The van der Waals surface area contributed by atoms with Crippen LogP contribution in [0.1, 0.15) is 54.9 Å². The fourth-order valence-electron chi connectivity index (χ4n) is 3.49. The summed E-state index contributed by atoms with van der Waals surface area (Å²) in [5, 5.41) is 10.4. The van der Waals surface area contributed by atoms with Gasteiger partial charge in [0, 0.05) is 13.1 Å². The van der Waals surface area contributed by atoms with Gasteiger partial charge in [0.2, 0.25) is 0 Å². The predicted octanol–water partition coefficient (Wildman–Crippen LogP) is 3.85. The minimum absolute atomic E-state index is 0.373. The summed E-state index contributed by atoms with van der Waals surface area (Å²) in [6.07, 6.45) is 6.54. The maximum absolute atomic E-state index is 10.4. The van der Waals surface area contributed by atoms with Crippen molar-refractivity contribution in [2.24, 2.45) is 5.92 Å². The number of likely N-dealkylation sites (N-methyl/N-ethyl adjacent to an activating group) is 1. The maximum Gasteiger partial charge on any atom is 0.0916 e. The minimum Gasteiger partial charge on any atom is -0.387 e. The van der Waals surface area contributed by atoms with Crippen molar-refractivity contribution in [3.63, 3.8) is 0 Å². The van der Waals surface area contributed by atoms with Gasteiger partial charge in [0.1, 0.15) is 0 Å². The lowest BCUT2D eigenvalue weighted by Crippen LogP contribution is -2.30. The second-order valence-electron chi connectivity index (χ2n) is 6.66. The van der Waals surface area contributed by atoms with Gasteiger partial charge in [-0.25, -0.2) is 0 Å². The largest absolute Gasteiger partial charge is 0.387 e. The quantitative estimate of drug-likeness (QED) is 0.882. The Morgan fingerprint density at radius 3 is 2.30 bits per heavy atom. The number of aryl methyl sites for hydroxylation is 2. The van der Waals surface area contributed by atoms with Crippen LogP contribution in [0.15, 0.2) is 18.2 Å². The highest BCUT2D eigenvalue weighted by atomic mass is 16.3. The van der Waals surface area contributed by atoms with E-state index in [2.05, 4.69) is 44.0 Å². The minimum atomic E-state index is -0.373. The SMILES string of the molecule is Cc1cc(C)cc(C(O)CN(C)CC2CCCCC2)c1. The van der Waals surface area contributed by atoms with E-state index in [-0.39, 0.29) is 6.10 Å². The van der Waals surface area contributed by atoms with E-state index in [0.29, 0.717) is 0 Å². The first-order valence-electron chi connectivity index (χ1n) is 7.99. The average Bonchev–Trinajstić information content (AvgIpc) is 2.38. The van der Waals surface area contributed by atoms with Crippen LogP contribution in [0.2, 0.25) is 0 Å². The van der Waals surface area contributed by atoms with Crippen LogP contribution in [-0.4, -0.2) is 30.1 Å². The topological polar surface area (TPSA) is 23.5 Å². The normalized spacial score (nSPS) is 18.4. The van der Waals surface area contributed by atoms with Gasteiger partial charge in [0.05, 0.1) is 6.10 Å². The van der Waals surface area contributed by atoms with E-state index >= 15 is 0 Å². The van der Waals surface area contributed by atoms with Crippen molar-refractivity contribution < 1.29 is 5.11 Å². The molecule has 1 fully saturated rings. The molecule has 0 aliphatic heterocycles. The van der Waals surface area contributed by atoms with Crippen molar-refractivity contribution in [3.05, 3.63) is 34.9 Å². The number of rotatable bonds is 5. The third-order valence-corrected chi connectivity index (χ3v) is 4.41. The highest BCUT2D eigenvalue weighted by molar-refractivity contribution is 5.30. The molecular weight excluding hydrogens is 246 g/mol. The molecule has 1 atom stereocenters. The lowest BCUT2D eigenvalue weighted by atomic mass is 9.89. The molecule has 2 rings (SSSR count). The second kappa shape index (κ2) is 7.24. The van der Waals surface area contributed by atoms with E-state index in [4.69, 9.17) is 0 Å². The summed E-state index contributed by atoms with van der Waals surface area (Å²) in [5.74, 6) is 0.834. The van der Waals surface area contributed by atoms with Gasteiger partial charge in [-0.1, -0.05) is 48.6 Å². The van der Waals surface area contributed by atoms with Crippen LogP contribution >= 0.6 is 0 Å². The third kappa shape index (κ3) is 4.60. The van der Waals surface area contributed by atoms with Crippen LogP contribution in [0.4, 0.5) is 0 Å². The summed E-state index contributed by atoms with van der Waals surface area (Å²) in [6.45, 7) is 6.05. The van der Waals surface area contributed by atoms with Crippen LogP contribution in [0, 0.1) is 19.8 Å². The van der Waals surface area contributed by atoms with Crippen molar-refractivity contribution in [1.29, 1.82) is 0 Å². The highest BCUT2D eigenvalue weighted by Crippen LogP contribution is 2.25. The zero-order valence-corrected chi connectivity index (χ0v) is 13.2. The van der Waals surface area contributed by atoms with Gasteiger partial charge >= 0.3 is 0 Å². The number of nitrogens with zero attached hydrogens (tertiary/aromatic N) is 1. The molecule has 1 N–H and O–H groups in total. The van der Waals surface area contributed by atoms with E-state index in [1.165, 1.54) is 43.2 Å². The van der Waals surface area contributed by atoms with Crippen LogP contribution in [0.3, 0.4) is 0 Å². The summed E-state index contributed by atoms with van der Waals surface area (Å²) < 4.78 is 0. The molecule has 2 heteroatoms. The summed E-state index contributed by atoms with van der Waals surface area (Å²) in [7, 11) is 2.14. The average molecular weight is 275 g/mol. The molecule has 0 saturated heterocycles. The van der Waals surface area contributed by atoms with Crippen molar-refractivity contribution in [1.82, 2.24) is 4.90 Å². The molecule has 0 heterocycles. The van der Waals surface area contributed by atoms with E-state index in [1.54, 1.807) is 0 Å². The molecule has 20 heavy (non-hydrogen) atoms. The molecule has 1 aliphatic rings. The molecule has 1 unspecified atom stereocenters. The first-order chi connectivity index (χ1) is 9.54. The van der Waals surface area contributed by atoms with Crippen LogP contribution in [0.5, 0.6) is 0 Å². The molecule has 1 aromatic rings. The van der Waals surface area contributed by atoms with Gasteiger partial charge in [0.25, 0.3) is 0 Å². The Labute approximate surface area is 123 Å². The smallest absolute Gasteiger partial charge is 0.0916 e. The Balaban J connectivity index is 1.87. The molecule has 2 nitrogen and oxygen atoms in total. The maximum atomic E-state index is 10.4. The Morgan fingerprint density at radius 2 is 1.70 bits per heavy atom. The first-order valence-corrected chi connectivity index (χ1v) is 7.99. The molecule has 1 saturated carbocycles. The monoisotopic (exact) mass is 275 g/mol. The molecule has 0 spiro atoms. The number of aliphatic hydroxyl groups excluding tert-OH is 1. The molecule has 1 aromatic carbocycles. The fourth-order valence-corrected chi connectivity index (χ4v) is 3.49. The Kier molecular flexibility index (Phi) is 5.62. The molecule has 0 aromatic heterocycles. The van der Waals surface area contributed by atoms with Crippen LogP contribution < -0.4 is 0 Å². The number of hydrogen-bond acceptors (Lipinski definition) is 2. The zero-order chi connectivity index (χ0) is 14.5.